The van der Waals surface area contributed by atoms with Gasteiger partial charge in [0.15, 0.2) is 0 Å². The smallest absolute Gasteiger partial charge is 0.388 e. The second-order valence-corrected chi connectivity index (χ2v) is 10.2. The fourth-order valence-electron chi connectivity index (χ4n) is 1.33. The molecule has 0 aromatic carbocycles. The van der Waals surface area contributed by atoms with E-state index in [2.05, 4.69) is 0 Å². The van der Waals surface area contributed by atoms with E-state index in [0.29, 0.717) is 0 Å². The lowest BCUT2D eigenvalue weighted by molar-refractivity contribution is 0.0819. The monoisotopic (exact) mass is 336 g/mol. The van der Waals surface area contributed by atoms with Crippen molar-refractivity contribution in [2.45, 2.75) is 38.1 Å². The van der Waals surface area contributed by atoms with Crippen molar-refractivity contribution in [2.24, 2.45) is 0 Å². The largest absolute Gasteiger partial charge is 0.523 e. The van der Waals surface area contributed by atoms with E-state index in [4.69, 9.17) is 37.8 Å². The van der Waals surface area contributed by atoms with E-state index in [0.717, 1.165) is 6.66 Å². The molecule has 0 amide bonds. The van der Waals surface area contributed by atoms with Crippen LogP contribution in [-0.2, 0) is 13.6 Å². The van der Waals surface area contributed by atoms with E-state index in [1.165, 1.54) is 13.8 Å². The fraction of sp³-hybridized carbons (Fsp3) is 1.00. The zero-order valence-corrected chi connectivity index (χ0v) is 13.8. The van der Waals surface area contributed by atoms with E-state index in [9.17, 15) is 4.57 Å². The Balaban J connectivity index is 4.85. The molecule has 0 rings (SSSR count). The first-order chi connectivity index (χ1) is 8.33. The molecule has 0 aromatic heterocycles. The van der Waals surface area contributed by atoms with Crippen LogP contribution in [0.2, 0.25) is 0 Å². The molecule has 6 N–H and O–H groups in total. The van der Waals surface area contributed by atoms with Crippen LogP contribution in [0.25, 0.3) is 0 Å². The van der Waals surface area contributed by atoms with Gasteiger partial charge in [-0.25, -0.2) is 0 Å². The molecular weight excluding hydrogens is 315 g/mol. The third-order valence-corrected chi connectivity index (χ3v) is 6.69. The van der Waals surface area contributed by atoms with Crippen LogP contribution in [-0.4, -0.2) is 64.5 Å². The lowest BCUT2D eigenvalue weighted by Gasteiger charge is -2.28. The number of hydrogen-bond acceptors (Lipinski definition) is 9. The van der Waals surface area contributed by atoms with E-state index in [1.807, 2.05) is 0 Å². The van der Waals surface area contributed by atoms with Gasteiger partial charge in [0, 0.05) is 6.66 Å². The fourth-order valence-corrected chi connectivity index (χ4v) is 5.97. The third-order valence-electron chi connectivity index (χ3n) is 2.24. The molecule has 116 valence electrons. The van der Waals surface area contributed by atoms with Crippen molar-refractivity contribution >= 4 is 25.2 Å². The molecular formula is C7H21O9PSi2. The second-order valence-electron chi connectivity index (χ2n) is 4.15. The molecule has 0 heterocycles. The summed E-state index contributed by atoms with van der Waals surface area (Å²) in [6, 6.07) is 0. The molecule has 0 bridgehead atoms. The zero-order valence-electron chi connectivity index (χ0n) is 10.9. The van der Waals surface area contributed by atoms with Crippen molar-refractivity contribution < 1.29 is 42.4 Å². The van der Waals surface area contributed by atoms with Crippen molar-refractivity contribution in [3.05, 3.63) is 0 Å². The van der Waals surface area contributed by atoms with Crippen molar-refractivity contribution in [1.82, 2.24) is 0 Å². The molecule has 0 radical (unpaired) electrons. The van der Waals surface area contributed by atoms with Gasteiger partial charge in [0.2, 0.25) is 0 Å². The van der Waals surface area contributed by atoms with Gasteiger partial charge in [-0.3, -0.25) is 4.57 Å². The Morgan fingerprint density at radius 1 is 0.895 bits per heavy atom. The molecule has 0 spiro atoms. The SMILES string of the molecule is CCC(OP(C)(=O)OC(CC)[Si](O)(O)O)[Si](O)(O)O. The number of rotatable bonds is 8. The van der Waals surface area contributed by atoms with Crippen molar-refractivity contribution in [3.63, 3.8) is 0 Å². The molecule has 2 atom stereocenters. The zero-order chi connectivity index (χ0) is 15.5. The minimum absolute atomic E-state index is 0.0341. The third kappa shape index (κ3) is 7.06. The maximum Gasteiger partial charge on any atom is 0.523 e. The van der Waals surface area contributed by atoms with Crippen LogP contribution in [0.3, 0.4) is 0 Å². The van der Waals surface area contributed by atoms with Crippen LogP contribution < -0.4 is 0 Å². The molecule has 0 aromatic rings. The molecule has 0 saturated carbocycles. The van der Waals surface area contributed by atoms with Gasteiger partial charge in [-0.15, -0.1) is 0 Å². The highest BCUT2D eigenvalue weighted by atomic mass is 31.2. The molecule has 0 fully saturated rings. The van der Waals surface area contributed by atoms with E-state index in [-0.39, 0.29) is 12.8 Å². The summed E-state index contributed by atoms with van der Waals surface area (Å²) >= 11 is 0. The quantitative estimate of drug-likeness (QED) is 0.225. The Hall–Kier alpha value is 0.344. The highest BCUT2D eigenvalue weighted by Gasteiger charge is 2.46. The summed E-state index contributed by atoms with van der Waals surface area (Å²) in [6.45, 7) is 3.91. The van der Waals surface area contributed by atoms with Crippen LogP contribution >= 0.6 is 7.60 Å². The maximum atomic E-state index is 12.0. The van der Waals surface area contributed by atoms with Gasteiger partial charge in [-0.1, -0.05) is 13.8 Å². The first-order valence-corrected chi connectivity index (χ1v) is 11.4. The standard InChI is InChI=1S/C7H21O9PSi2/c1-4-6(18(9,10)11)15-17(3,8)16-7(5-2)19(12,13)14/h6-7,9-14H,4-5H2,1-3H3. The van der Waals surface area contributed by atoms with E-state index in [1.54, 1.807) is 0 Å². The van der Waals surface area contributed by atoms with Gasteiger partial charge in [-0.05, 0) is 12.8 Å². The van der Waals surface area contributed by atoms with E-state index < -0.39 is 36.7 Å². The van der Waals surface area contributed by atoms with Crippen molar-refractivity contribution in [1.29, 1.82) is 0 Å². The first-order valence-electron chi connectivity index (χ1n) is 5.62. The average Bonchev–Trinajstić information content (AvgIpc) is 2.19. The summed E-state index contributed by atoms with van der Waals surface area (Å²) < 4.78 is 21.6. The first kappa shape index (κ1) is 19.3. The van der Waals surface area contributed by atoms with Crippen LogP contribution in [0.15, 0.2) is 0 Å². The second kappa shape index (κ2) is 6.87. The van der Waals surface area contributed by atoms with Gasteiger partial charge < -0.3 is 37.8 Å². The summed E-state index contributed by atoms with van der Waals surface area (Å²) in [5, 5.41) is 0. The lowest BCUT2D eigenvalue weighted by Crippen LogP contribution is -2.51. The van der Waals surface area contributed by atoms with Gasteiger partial charge in [0.05, 0.1) is 0 Å². The molecule has 0 aliphatic rings. The van der Waals surface area contributed by atoms with Crippen LogP contribution in [0.1, 0.15) is 26.7 Å². The highest BCUT2D eigenvalue weighted by molar-refractivity contribution is 7.53. The Morgan fingerprint density at radius 3 is 1.32 bits per heavy atom. The van der Waals surface area contributed by atoms with Crippen molar-refractivity contribution in [3.8, 4) is 0 Å². The predicted octanol–water partition coefficient (Wildman–Crippen LogP) is -1.69. The Kier molecular flexibility index (Phi) is 6.99. The molecule has 0 aliphatic heterocycles. The lowest BCUT2D eigenvalue weighted by atomic mass is 10.5. The van der Waals surface area contributed by atoms with Crippen LogP contribution in [0.4, 0.5) is 0 Å². The Morgan fingerprint density at radius 2 is 1.16 bits per heavy atom. The summed E-state index contributed by atoms with van der Waals surface area (Å²) in [6.07, 6.45) is -0.0682. The van der Waals surface area contributed by atoms with Gasteiger partial charge in [0.1, 0.15) is 11.5 Å². The van der Waals surface area contributed by atoms with Gasteiger partial charge in [0.25, 0.3) is 0 Å². The average molecular weight is 336 g/mol. The van der Waals surface area contributed by atoms with Crippen LogP contribution in [0.5, 0.6) is 0 Å². The summed E-state index contributed by atoms with van der Waals surface area (Å²) in [7, 11) is -13.2. The Labute approximate surface area is 113 Å². The molecule has 2 unspecified atom stereocenters. The summed E-state index contributed by atoms with van der Waals surface area (Å²) in [5.74, 6) is 0. The minimum Gasteiger partial charge on any atom is -0.388 e. The molecule has 12 heteroatoms. The van der Waals surface area contributed by atoms with Gasteiger partial charge in [-0.2, -0.15) is 0 Å². The molecule has 19 heavy (non-hydrogen) atoms. The highest BCUT2D eigenvalue weighted by Crippen LogP contribution is 2.48. The molecule has 0 aliphatic carbocycles. The molecule has 0 saturated heterocycles. The summed E-state index contributed by atoms with van der Waals surface area (Å²) in [5.41, 5.74) is -2.96. The minimum atomic E-state index is -4.65. The number of hydrogen-bond donors (Lipinski definition) is 6. The van der Waals surface area contributed by atoms with E-state index >= 15 is 0 Å². The maximum absolute atomic E-state index is 12.0. The van der Waals surface area contributed by atoms with Crippen molar-refractivity contribution in [2.75, 3.05) is 6.66 Å². The summed E-state index contributed by atoms with van der Waals surface area (Å²) in [4.78, 5) is 54.6. The molecule has 9 nitrogen and oxygen atoms in total. The predicted molar refractivity (Wildman–Crippen MR) is 68.7 cm³/mol. The topological polar surface area (TPSA) is 157 Å². The normalized spacial score (nSPS) is 19.8. The Bertz CT molecular complexity index is 298. The van der Waals surface area contributed by atoms with Crippen LogP contribution in [0, 0.1) is 0 Å². The van der Waals surface area contributed by atoms with Gasteiger partial charge >= 0.3 is 25.2 Å².